The Bertz CT molecular complexity index is 443. The number of carboxylic acid groups (broad SMARTS) is 1. The minimum absolute atomic E-state index is 0.0219. The lowest BCUT2D eigenvalue weighted by molar-refractivity contribution is -0.140. The maximum Gasteiger partial charge on any atom is 0.326 e. The number of carbonyl (C=O) groups is 2. The zero-order valence-electron chi connectivity index (χ0n) is 8.38. The molecule has 5 nitrogen and oxygen atoms in total. The topological polar surface area (TPSA) is 86.6 Å². The number of nitrogens with one attached hydrogen (secondary N) is 1. The first kappa shape index (κ1) is 10.5. The fourth-order valence-electron chi connectivity index (χ4n) is 1.89. The lowest BCUT2D eigenvalue weighted by Gasteiger charge is -2.08. The second kappa shape index (κ2) is 3.84. The first-order chi connectivity index (χ1) is 7.59. The maximum absolute atomic E-state index is 11.6. The number of hydrogen-bond acceptors (Lipinski definition) is 3. The van der Waals surface area contributed by atoms with Crippen LogP contribution in [0.25, 0.3) is 0 Å². The largest absolute Gasteiger partial charge is 0.508 e. The van der Waals surface area contributed by atoms with E-state index >= 15 is 0 Å². The summed E-state index contributed by atoms with van der Waals surface area (Å²) in [5.41, 5.74) is 0.476. The summed E-state index contributed by atoms with van der Waals surface area (Å²) >= 11 is 0. The number of amides is 1. The standard InChI is InChI=1S/C11H11NO4/c13-9-4-2-1-3-6(9)7-5-8(11(15)16)12-10(7)14/h1-4,7-8,13H,5H2,(H,12,14)(H,15,16). The fraction of sp³-hybridized carbons (Fsp3) is 0.273. The number of aliphatic carboxylic acids is 1. The van der Waals surface area contributed by atoms with Crippen LogP contribution in [-0.2, 0) is 9.59 Å². The van der Waals surface area contributed by atoms with Crippen molar-refractivity contribution in [3.8, 4) is 5.75 Å². The maximum atomic E-state index is 11.6. The van der Waals surface area contributed by atoms with Crippen molar-refractivity contribution in [2.75, 3.05) is 0 Å². The first-order valence-electron chi connectivity index (χ1n) is 4.90. The molecule has 1 aromatic rings. The van der Waals surface area contributed by atoms with Crippen LogP contribution >= 0.6 is 0 Å². The average molecular weight is 221 g/mol. The van der Waals surface area contributed by atoms with Crippen molar-refractivity contribution in [3.05, 3.63) is 29.8 Å². The fourth-order valence-corrected chi connectivity index (χ4v) is 1.89. The summed E-state index contributed by atoms with van der Waals surface area (Å²) < 4.78 is 0. The van der Waals surface area contributed by atoms with Gasteiger partial charge in [0, 0.05) is 5.56 Å². The molecule has 0 aromatic heterocycles. The second-order valence-electron chi connectivity index (χ2n) is 3.75. The SMILES string of the molecule is O=C(O)C1CC(c2ccccc2O)C(=O)N1. The molecule has 1 aromatic carbocycles. The van der Waals surface area contributed by atoms with Crippen molar-refractivity contribution in [1.82, 2.24) is 5.32 Å². The zero-order valence-corrected chi connectivity index (χ0v) is 8.38. The van der Waals surface area contributed by atoms with Crippen molar-refractivity contribution in [2.45, 2.75) is 18.4 Å². The summed E-state index contributed by atoms with van der Waals surface area (Å²) in [5, 5.41) is 20.8. The molecule has 1 amide bonds. The molecule has 16 heavy (non-hydrogen) atoms. The van der Waals surface area contributed by atoms with Crippen molar-refractivity contribution in [1.29, 1.82) is 0 Å². The molecule has 2 atom stereocenters. The molecule has 3 N–H and O–H groups in total. The summed E-state index contributed by atoms with van der Waals surface area (Å²) in [6.07, 6.45) is 0.172. The molecule has 0 bridgehead atoms. The predicted octanol–water partition coefficient (Wildman–Crippen LogP) is 0.449. The highest BCUT2D eigenvalue weighted by Gasteiger charge is 2.37. The van der Waals surface area contributed by atoms with E-state index in [9.17, 15) is 14.7 Å². The quantitative estimate of drug-likeness (QED) is 0.676. The Labute approximate surface area is 91.7 Å². The van der Waals surface area contributed by atoms with Crippen LogP contribution in [0.15, 0.2) is 24.3 Å². The number of rotatable bonds is 2. The molecular weight excluding hydrogens is 210 g/mol. The van der Waals surface area contributed by atoms with Crippen LogP contribution in [0.4, 0.5) is 0 Å². The van der Waals surface area contributed by atoms with Crippen LogP contribution in [0.3, 0.4) is 0 Å². The minimum atomic E-state index is -1.05. The van der Waals surface area contributed by atoms with Gasteiger partial charge in [-0.25, -0.2) is 4.79 Å². The van der Waals surface area contributed by atoms with E-state index < -0.39 is 17.9 Å². The van der Waals surface area contributed by atoms with E-state index in [2.05, 4.69) is 5.32 Å². The Kier molecular flexibility index (Phi) is 2.52. The molecule has 1 aliphatic rings. The van der Waals surface area contributed by atoms with Crippen molar-refractivity contribution in [3.63, 3.8) is 0 Å². The zero-order chi connectivity index (χ0) is 11.7. The summed E-state index contributed by atoms with van der Waals surface area (Å²) in [6.45, 7) is 0. The monoisotopic (exact) mass is 221 g/mol. The van der Waals surface area contributed by atoms with Crippen molar-refractivity contribution in [2.24, 2.45) is 0 Å². The Hall–Kier alpha value is -2.04. The second-order valence-corrected chi connectivity index (χ2v) is 3.75. The van der Waals surface area contributed by atoms with E-state index in [1.807, 2.05) is 0 Å². The Morgan fingerprint density at radius 1 is 1.38 bits per heavy atom. The molecule has 1 saturated heterocycles. The van der Waals surface area contributed by atoms with Gasteiger partial charge in [-0.2, -0.15) is 0 Å². The van der Waals surface area contributed by atoms with Gasteiger partial charge in [-0.15, -0.1) is 0 Å². The number of aromatic hydroxyl groups is 1. The van der Waals surface area contributed by atoms with Gasteiger partial charge in [-0.05, 0) is 12.5 Å². The number of hydrogen-bond donors (Lipinski definition) is 3. The molecule has 1 aliphatic heterocycles. The van der Waals surface area contributed by atoms with Crippen LogP contribution in [0.2, 0.25) is 0 Å². The summed E-state index contributed by atoms with van der Waals surface area (Å²) in [5.74, 6) is -1.96. The lowest BCUT2D eigenvalue weighted by atomic mass is 9.95. The lowest BCUT2D eigenvalue weighted by Crippen LogP contribution is -2.32. The third-order valence-corrected chi connectivity index (χ3v) is 2.71. The summed E-state index contributed by atoms with van der Waals surface area (Å²) in [6, 6.07) is 5.61. The van der Waals surface area contributed by atoms with E-state index in [1.54, 1.807) is 18.2 Å². The van der Waals surface area contributed by atoms with Crippen LogP contribution in [-0.4, -0.2) is 28.1 Å². The van der Waals surface area contributed by atoms with E-state index in [1.165, 1.54) is 6.07 Å². The average Bonchev–Trinajstić information content (AvgIpc) is 2.61. The number of carbonyl (C=O) groups excluding carboxylic acids is 1. The van der Waals surface area contributed by atoms with Gasteiger partial charge >= 0.3 is 5.97 Å². The number of para-hydroxylation sites is 1. The smallest absolute Gasteiger partial charge is 0.326 e. The van der Waals surface area contributed by atoms with Gasteiger partial charge in [0.15, 0.2) is 0 Å². The highest BCUT2D eigenvalue weighted by Crippen LogP contribution is 2.32. The number of phenols is 1. The number of benzene rings is 1. The van der Waals surface area contributed by atoms with Crippen molar-refractivity contribution < 1.29 is 19.8 Å². The normalized spacial score (nSPS) is 24.1. The van der Waals surface area contributed by atoms with Crippen LogP contribution in [0, 0.1) is 0 Å². The first-order valence-corrected chi connectivity index (χ1v) is 4.90. The summed E-state index contributed by atoms with van der Waals surface area (Å²) in [7, 11) is 0. The summed E-state index contributed by atoms with van der Waals surface area (Å²) in [4.78, 5) is 22.3. The number of carboxylic acids is 1. The molecule has 5 heteroatoms. The van der Waals surface area contributed by atoms with E-state index in [0.29, 0.717) is 5.56 Å². The van der Waals surface area contributed by atoms with Gasteiger partial charge in [0.1, 0.15) is 11.8 Å². The molecular formula is C11H11NO4. The molecule has 0 spiro atoms. The molecule has 2 unspecified atom stereocenters. The third kappa shape index (κ3) is 1.71. The van der Waals surface area contributed by atoms with Crippen LogP contribution in [0.5, 0.6) is 5.75 Å². The minimum Gasteiger partial charge on any atom is -0.508 e. The van der Waals surface area contributed by atoms with E-state index in [0.717, 1.165) is 0 Å². The molecule has 1 fully saturated rings. The van der Waals surface area contributed by atoms with Gasteiger partial charge in [0.2, 0.25) is 5.91 Å². The molecule has 84 valence electrons. The van der Waals surface area contributed by atoms with Gasteiger partial charge in [0.25, 0.3) is 0 Å². The van der Waals surface area contributed by atoms with Gasteiger partial charge in [0.05, 0.1) is 5.92 Å². The highest BCUT2D eigenvalue weighted by molar-refractivity contribution is 5.92. The van der Waals surface area contributed by atoms with Gasteiger partial charge in [-0.3, -0.25) is 4.79 Å². The molecule has 2 rings (SSSR count). The number of phenolic OH excluding ortho intramolecular Hbond substituents is 1. The van der Waals surface area contributed by atoms with Gasteiger partial charge in [-0.1, -0.05) is 18.2 Å². The Morgan fingerprint density at radius 3 is 2.62 bits per heavy atom. The van der Waals surface area contributed by atoms with Crippen LogP contribution in [0.1, 0.15) is 17.9 Å². The van der Waals surface area contributed by atoms with Crippen molar-refractivity contribution >= 4 is 11.9 Å². The highest BCUT2D eigenvalue weighted by atomic mass is 16.4. The molecule has 1 heterocycles. The van der Waals surface area contributed by atoms with E-state index in [-0.39, 0.29) is 18.1 Å². The third-order valence-electron chi connectivity index (χ3n) is 2.71. The molecule has 0 radical (unpaired) electrons. The van der Waals surface area contributed by atoms with Gasteiger partial charge < -0.3 is 15.5 Å². The Balaban J connectivity index is 2.27. The Morgan fingerprint density at radius 2 is 2.06 bits per heavy atom. The molecule has 0 aliphatic carbocycles. The van der Waals surface area contributed by atoms with E-state index in [4.69, 9.17) is 5.11 Å². The molecule has 0 saturated carbocycles. The van der Waals surface area contributed by atoms with Crippen LogP contribution < -0.4 is 5.32 Å². The predicted molar refractivity (Wildman–Crippen MR) is 55.0 cm³/mol.